The molecule has 1 saturated heterocycles. The van der Waals surface area contributed by atoms with Crippen molar-refractivity contribution in [3.05, 3.63) is 0 Å². The minimum Gasteiger partial charge on any atom is -0.458 e. The Labute approximate surface area is 162 Å². The first kappa shape index (κ1) is 16.3. The molecule has 27 heavy (non-hydrogen) atoms. The second kappa shape index (κ2) is 4.60. The summed E-state index contributed by atoms with van der Waals surface area (Å²) in [5.74, 6) is 6.68. The molecule has 1 spiro atoms. The van der Waals surface area contributed by atoms with Gasteiger partial charge in [0.05, 0.1) is 6.10 Å². The summed E-state index contributed by atoms with van der Waals surface area (Å²) in [4.78, 5) is 12.2. The Kier molecular flexibility index (Phi) is 2.77. The lowest BCUT2D eigenvalue weighted by molar-refractivity contribution is -0.188. The molecule has 3 heteroatoms. The highest BCUT2D eigenvalue weighted by Crippen LogP contribution is 2.82. The van der Waals surface area contributed by atoms with E-state index < -0.39 is 0 Å². The Balaban J connectivity index is 1.30. The summed E-state index contributed by atoms with van der Waals surface area (Å²) >= 11 is 0. The van der Waals surface area contributed by atoms with E-state index in [0.29, 0.717) is 17.8 Å². The van der Waals surface area contributed by atoms with E-state index >= 15 is 0 Å². The molecule has 6 aliphatic carbocycles. The van der Waals surface area contributed by atoms with Gasteiger partial charge < -0.3 is 9.84 Å². The van der Waals surface area contributed by atoms with E-state index in [1.165, 1.54) is 32.1 Å². The molecule has 0 radical (unpaired) electrons. The van der Waals surface area contributed by atoms with Crippen molar-refractivity contribution in [1.29, 1.82) is 0 Å². The summed E-state index contributed by atoms with van der Waals surface area (Å²) < 4.78 is 6.24. The summed E-state index contributed by atoms with van der Waals surface area (Å²) in [6.45, 7) is 5.12. The Hall–Kier alpha value is -0.570. The van der Waals surface area contributed by atoms with Gasteiger partial charge in [-0.25, -0.2) is 0 Å². The van der Waals surface area contributed by atoms with E-state index in [1.54, 1.807) is 0 Å². The third-order valence-electron chi connectivity index (χ3n) is 11.6. The number of ether oxygens (including phenoxy) is 1. The highest BCUT2D eigenvalue weighted by Gasteiger charge is 2.81. The maximum atomic E-state index is 12.2. The minimum atomic E-state index is -0.102. The molecule has 7 aliphatic rings. The molecule has 1 N–H and O–H groups in total. The number of carbonyl (C=O) groups excluding carboxylic acids is 1. The molecule has 0 aromatic carbocycles. The Morgan fingerprint density at radius 1 is 0.926 bits per heavy atom. The van der Waals surface area contributed by atoms with Crippen molar-refractivity contribution in [3.8, 4) is 0 Å². The van der Waals surface area contributed by atoms with Gasteiger partial charge in [0.15, 0.2) is 0 Å². The quantitative estimate of drug-likeness (QED) is 0.651. The topological polar surface area (TPSA) is 46.5 Å². The monoisotopic (exact) mass is 370 g/mol. The van der Waals surface area contributed by atoms with Gasteiger partial charge in [-0.15, -0.1) is 0 Å². The normalized spacial score (nSPS) is 67.7. The van der Waals surface area contributed by atoms with Gasteiger partial charge in [0.25, 0.3) is 0 Å². The van der Waals surface area contributed by atoms with Gasteiger partial charge in [0.1, 0.15) is 5.60 Å². The molecule has 1 aliphatic heterocycles. The van der Waals surface area contributed by atoms with E-state index in [0.717, 1.165) is 60.7 Å². The first-order chi connectivity index (χ1) is 12.9. The molecule has 12 atom stereocenters. The molecule has 0 amide bonds. The summed E-state index contributed by atoms with van der Waals surface area (Å²) in [6, 6.07) is 0. The molecule has 7 rings (SSSR count). The molecular weight excluding hydrogens is 336 g/mol. The van der Waals surface area contributed by atoms with E-state index in [1.807, 2.05) is 0 Å². The highest BCUT2D eigenvalue weighted by molar-refractivity contribution is 5.73. The van der Waals surface area contributed by atoms with Crippen LogP contribution < -0.4 is 0 Å². The molecular formula is C24H34O3. The largest absolute Gasteiger partial charge is 0.458 e. The SMILES string of the molecule is C[C@]12CCC(O)CC1[C@@H]1C[C@@H]1C1C2CC[C@@]2(C)C1C1C[C@@H]1C21CCC(=O)O1. The molecule has 148 valence electrons. The van der Waals surface area contributed by atoms with Crippen LogP contribution in [0.4, 0.5) is 0 Å². The Bertz CT molecular complexity index is 733. The third-order valence-corrected chi connectivity index (χ3v) is 11.6. The predicted octanol–water partition coefficient (Wildman–Crippen LogP) is 4.18. The van der Waals surface area contributed by atoms with Gasteiger partial charge >= 0.3 is 5.97 Å². The van der Waals surface area contributed by atoms with Crippen molar-refractivity contribution in [2.24, 2.45) is 58.2 Å². The van der Waals surface area contributed by atoms with E-state index in [4.69, 9.17) is 4.74 Å². The Morgan fingerprint density at radius 2 is 1.78 bits per heavy atom. The maximum Gasteiger partial charge on any atom is 0.306 e. The number of fused-ring (bicyclic) bond motifs is 12. The van der Waals surface area contributed by atoms with Gasteiger partial charge in [-0.1, -0.05) is 13.8 Å². The zero-order chi connectivity index (χ0) is 18.3. The zero-order valence-electron chi connectivity index (χ0n) is 16.8. The zero-order valence-corrected chi connectivity index (χ0v) is 16.8. The molecule has 0 aromatic rings. The first-order valence-electron chi connectivity index (χ1n) is 11.8. The fourth-order valence-corrected chi connectivity index (χ4v) is 10.5. The van der Waals surface area contributed by atoms with Gasteiger partial charge in [-0.3, -0.25) is 4.79 Å². The van der Waals surface area contributed by atoms with Crippen molar-refractivity contribution in [1.82, 2.24) is 0 Å². The fourth-order valence-electron chi connectivity index (χ4n) is 10.5. The average Bonchev–Trinajstić information content (AvgIpc) is 3.53. The summed E-state index contributed by atoms with van der Waals surface area (Å²) in [7, 11) is 0. The third kappa shape index (κ3) is 1.67. The van der Waals surface area contributed by atoms with Crippen molar-refractivity contribution in [2.45, 2.75) is 83.3 Å². The number of aliphatic hydroxyl groups excluding tert-OH is 1. The molecule has 0 bridgehead atoms. The lowest BCUT2D eigenvalue weighted by atomic mass is 9.43. The molecule has 7 fully saturated rings. The number of esters is 1. The molecule has 1 heterocycles. The van der Waals surface area contributed by atoms with Crippen LogP contribution in [0.25, 0.3) is 0 Å². The van der Waals surface area contributed by atoms with Crippen LogP contribution >= 0.6 is 0 Å². The van der Waals surface area contributed by atoms with Crippen LogP contribution in [0, 0.1) is 58.2 Å². The van der Waals surface area contributed by atoms with Crippen molar-refractivity contribution >= 4 is 5.97 Å². The second-order valence-electron chi connectivity index (χ2n) is 12.1. The van der Waals surface area contributed by atoms with Gasteiger partial charge in [-0.2, -0.15) is 0 Å². The van der Waals surface area contributed by atoms with Gasteiger partial charge in [0.2, 0.25) is 0 Å². The predicted molar refractivity (Wildman–Crippen MR) is 101 cm³/mol. The number of rotatable bonds is 0. The van der Waals surface area contributed by atoms with Crippen molar-refractivity contribution < 1.29 is 14.6 Å². The maximum absolute atomic E-state index is 12.2. The summed E-state index contributed by atoms with van der Waals surface area (Å²) in [5.41, 5.74) is 0.586. The number of hydrogen-bond acceptors (Lipinski definition) is 3. The lowest BCUT2D eigenvalue weighted by Crippen LogP contribution is -2.59. The number of aliphatic hydroxyl groups is 1. The first-order valence-corrected chi connectivity index (χ1v) is 11.8. The minimum absolute atomic E-state index is 0.0461. The van der Waals surface area contributed by atoms with E-state index in [-0.39, 0.29) is 23.1 Å². The van der Waals surface area contributed by atoms with Gasteiger partial charge in [-0.05, 0) is 98.2 Å². The van der Waals surface area contributed by atoms with Crippen LogP contribution in [0.2, 0.25) is 0 Å². The summed E-state index contributed by atoms with van der Waals surface area (Å²) in [6.07, 6.45) is 10.3. The summed E-state index contributed by atoms with van der Waals surface area (Å²) in [5, 5.41) is 10.4. The van der Waals surface area contributed by atoms with Crippen LogP contribution in [-0.4, -0.2) is 22.8 Å². The molecule has 7 unspecified atom stereocenters. The van der Waals surface area contributed by atoms with Crippen LogP contribution in [0.3, 0.4) is 0 Å². The Morgan fingerprint density at radius 3 is 2.56 bits per heavy atom. The molecule has 6 saturated carbocycles. The van der Waals surface area contributed by atoms with Crippen LogP contribution in [0.1, 0.15) is 71.6 Å². The lowest BCUT2D eigenvalue weighted by Gasteiger charge is -2.62. The second-order valence-corrected chi connectivity index (χ2v) is 12.1. The highest BCUT2D eigenvalue weighted by atomic mass is 16.6. The van der Waals surface area contributed by atoms with Crippen molar-refractivity contribution in [2.75, 3.05) is 0 Å². The van der Waals surface area contributed by atoms with Crippen LogP contribution in [0.5, 0.6) is 0 Å². The van der Waals surface area contributed by atoms with Gasteiger partial charge in [0, 0.05) is 17.8 Å². The van der Waals surface area contributed by atoms with Crippen LogP contribution in [0.15, 0.2) is 0 Å². The van der Waals surface area contributed by atoms with E-state index in [9.17, 15) is 9.90 Å². The van der Waals surface area contributed by atoms with Crippen molar-refractivity contribution in [3.63, 3.8) is 0 Å². The average molecular weight is 371 g/mol. The number of carbonyl (C=O) groups is 1. The smallest absolute Gasteiger partial charge is 0.306 e. The number of hydrogen-bond donors (Lipinski definition) is 1. The fraction of sp³-hybridized carbons (Fsp3) is 0.958. The van der Waals surface area contributed by atoms with E-state index in [2.05, 4.69) is 13.8 Å². The molecule has 3 nitrogen and oxygen atoms in total. The standard InChI is InChI=1S/C24H34O3/c1-22-6-3-12(25)9-17(22)13-10-14(13)20-16(22)4-7-23(2)21(20)15-11-18(15)24(23)8-5-19(26)27-24/h12-18,20-21,25H,3-11H2,1-2H3/t12?,13-,14+,15?,16?,17?,18+,20?,21?,22-,23+,24?/m1/s1. The molecule has 0 aromatic heterocycles. The van der Waals surface area contributed by atoms with Crippen LogP contribution in [-0.2, 0) is 9.53 Å².